The molecule has 0 saturated heterocycles. The minimum atomic E-state index is 0.0712. The van der Waals surface area contributed by atoms with Crippen LogP contribution in [0.1, 0.15) is 31.9 Å². The van der Waals surface area contributed by atoms with Crippen LogP contribution >= 0.6 is 0 Å². The predicted octanol–water partition coefficient (Wildman–Crippen LogP) is 2.34. The van der Waals surface area contributed by atoms with E-state index in [4.69, 9.17) is 15.2 Å². The Kier molecular flexibility index (Phi) is 5.63. The number of hydrogen-bond donors (Lipinski definition) is 2. The molecular weight excluding hydrogens is 240 g/mol. The van der Waals surface area contributed by atoms with Gasteiger partial charge in [0.25, 0.3) is 0 Å². The fourth-order valence-corrected chi connectivity index (χ4v) is 2.12. The molecule has 0 saturated carbocycles. The highest BCUT2D eigenvalue weighted by Crippen LogP contribution is 2.35. The number of benzene rings is 1. The van der Waals surface area contributed by atoms with Crippen molar-refractivity contribution in [2.75, 3.05) is 27.8 Å². The van der Waals surface area contributed by atoms with Crippen molar-refractivity contribution in [2.24, 2.45) is 11.1 Å². The van der Waals surface area contributed by atoms with E-state index in [1.54, 1.807) is 14.2 Å². The minimum absolute atomic E-state index is 0.0712. The van der Waals surface area contributed by atoms with Gasteiger partial charge in [-0.05, 0) is 43.6 Å². The van der Waals surface area contributed by atoms with Gasteiger partial charge < -0.3 is 20.5 Å². The summed E-state index contributed by atoms with van der Waals surface area (Å²) >= 11 is 0. The molecule has 1 aromatic carbocycles. The van der Waals surface area contributed by atoms with Gasteiger partial charge in [-0.15, -0.1) is 0 Å². The van der Waals surface area contributed by atoms with Crippen molar-refractivity contribution >= 4 is 0 Å². The van der Waals surface area contributed by atoms with Crippen LogP contribution in [-0.2, 0) is 0 Å². The summed E-state index contributed by atoms with van der Waals surface area (Å²) in [6.45, 7) is 4.99. The van der Waals surface area contributed by atoms with Crippen LogP contribution in [-0.4, -0.2) is 27.8 Å². The van der Waals surface area contributed by atoms with Gasteiger partial charge in [-0.2, -0.15) is 0 Å². The summed E-state index contributed by atoms with van der Waals surface area (Å²) in [6, 6.07) is 6.05. The van der Waals surface area contributed by atoms with Gasteiger partial charge in [0.1, 0.15) is 11.5 Å². The van der Waals surface area contributed by atoms with E-state index in [9.17, 15) is 0 Å². The summed E-state index contributed by atoms with van der Waals surface area (Å²) in [7, 11) is 5.31. The van der Waals surface area contributed by atoms with Crippen LogP contribution in [0.25, 0.3) is 0 Å². The zero-order valence-corrected chi connectivity index (χ0v) is 12.6. The van der Waals surface area contributed by atoms with Crippen LogP contribution in [0.2, 0.25) is 0 Å². The summed E-state index contributed by atoms with van der Waals surface area (Å²) in [5.41, 5.74) is 7.00. The fourth-order valence-electron chi connectivity index (χ4n) is 2.12. The highest BCUT2D eigenvalue weighted by molar-refractivity contribution is 5.42. The Morgan fingerprint density at radius 1 is 1.26 bits per heavy atom. The van der Waals surface area contributed by atoms with Crippen LogP contribution in [0.3, 0.4) is 0 Å². The Hall–Kier alpha value is -1.26. The van der Waals surface area contributed by atoms with Gasteiger partial charge >= 0.3 is 0 Å². The maximum Gasteiger partial charge on any atom is 0.123 e. The lowest BCUT2D eigenvalue weighted by atomic mass is 9.83. The van der Waals surface area contributed by atoms with Gasteiger partial charge in [-0.3, -0.25) is 0 Å². The van der Waals surface area contributed by atoms with Crippen molar-refractivity contribution in [3.8, 4) is 11.5 Å². The van der Waals surface area contributed by atoms with Crippen molar-refractivity contribution in [1.82, 2.24) is 5.32 Å². The first kappa shape index (κ1) is 15.8. The van der Waals surface area contributed by atoms with Gasteiger partial charge in [0.2, 0.25) is 0 Å². The Morgan fingerprint density at radius 2 is 1.95 bits per heavy atom. The zero-order chi connectivity index (χ0) is 14.5. The van der Waals surface area contributed by atoms with Crippen LogP contribution in [0, 0.1) is 5.41 Å². The van der Waals surface area contributed by atoms with Crippen molar-refractivity contribution in [3.05, 3.63) is 23.8 Å². The monoisotopic (exact) mass is 266 g/mol. The lowest BCUT2D eigenvalue weighted by Crippen LogP contribution is -2.30. The highest BCUT2D eigenvalue weighted by Gasteiger charge is 2.24. The smallest absolute Gasteiger partial charge is 0.123 e. The maximum absolute atomic E-state index is 5.83. The van der Waals surface area contributed by atoms with Gasteiger partial charge in [0.15, 0.2) is 0 Å². The number of methoxy groups -OCH3 is 2. The van der Waals surface area contributed by atoms with Crippen LogP contribution in [0.4, 0.5) is 0 Å². The van der Waals surface area contributed by atoms with Crippen molar-refractivity contribution in [2.45, 2.75) is 26.3 Å². The average Bonchev–Trinajstić information content (AvgIpc) is 2.44. The molecule has 4 nitrogen and oxygen atoms in total. The molecule has 0 bridgehead atoms. The van der Waals surface area contributed by atoms with Crippen LogP contribution in [0.5, 0.6) is 11.5 Å². The second kappa shape index (κ2) is 6.78. The number of ether oxygens (including phenoxy) is 2. The third-order valence-electron chi connectivity index (χ3n) is 3.47. The van der Waals surface area contributed by atoms with E-state index in [0.717, 1.165) is 23.5 Å². The minimum Gasteiger partial charge on any atom is -0.497 e. The van der Waals surface area contributed by atoms with E-state index in [1.807, 2.05) is 25.2 Å². The molecule has 1 rings (SSSR count). The van der Waals surface area contributed by atoms with Gasteiger partial charge in [-0.25, -0.2) is 0 Å². The molecule has 1 unspecified atom stereocenters. The summed E-state index contributed by atoms with van der Waals surface area (Å²) in [5, 5.41) is 3.34. The van der Waals surface area contributed by atoms with E-state index >= 15 is 0 Å². The molecule has 3 N–H and O–H groups in total. The van der Waals surface area contributed by atoms with Crippen molar-refractivity contribution < 1.29 is 9.47 Å². The lowest BCUT2D eigenvalue weighted by Gasteiger charge is -2.29. The highest BCUT2D eigenvalue weighted by atomic mass is 16.5. The first-order valence-corrected chi connectivity index (χ1v) is 6.56. The van der Waals surface area contributed by atoms with E-state index in [-0.39, 0.29) is 11.5 Å². The normalized spacial score (nSPS) is 13.2. The lowest BCUT2D eigenvalue weighted by molar-refractivity contribution is 0.292. The van der Waals surface area contributed by atoms with E-state index in [1.165, 1.54) is 0 Å². The van der Waals surface area contributed by atoms with Gasteiger partial charge in [-0.1, -0.05) is 13.8 Å². The molecule has 108 valence electrons. The van der Waals surface area contributed by atoms with Gasteiger partial charge in [0.05, 0.1) is 14.2 Å². The van der Waals surface area contributed by atoms with E-state index < -0.39 is 0 Å². The fraction of sp³-hybridized carbons (Fsp3) is 0.600. The summed E-state index contributed by atoms with van der Waals surface area (Å²) in [4.78, 5) is 0. The Labute approximate surface area is 116 Å². The third-order valence-corrected chi connectivity index (χ3v) is 3.47. The second-order valence-corrected chi connectivity index (χ2v) is 5.52. The summed E-state index contributed by atoms with van der Waals surface area (Å²) in [5.74, 6) is 1.70. The number of hydrogen-bond acceptors (Lipinski definition) is 4. The standard InChI is InChI=1S/C15H26N2O2/c1-15(2,10-16)9-13(17-3)12-8-11(18-4)6-7-14(12)19-5/h6-8,13,17H,9-10,16H2,1-5H3. The second-order valence-electron chi connectivity index (χ2n) is 5.52. The zero-order valence-electron chi connectivity index (χ0n) is 12.6. The Bertz CT molecular complexity index is 405. The van der Waals surface area contributed by atoms with E-state index in [2.05, 4.69) is 19.2 Å². The SMILES string of the molecule is CNC(CC(C)(C)CN)c1cc(OC)ccc1OC. The van der Waals surface area contributed by atoms with Crippen LogP contribution < -0.4 is 20.5 Å². The average molecular weight is 266 g/mol. The first-order chi connectivity index (χ1) is 8.97. The van der Waals surface area contributed by atoms with Crippen molar-refractivity contribution in [1.29, 1.82) is 0 Å². The van der Waals surface area contributed by atoms with Crippen LogP contribution in [0.15, 0.2) is 18.2 Å². The quantitative estimate of drug-likeness (QED) is 0.795. The molecule has 4 heteroatoms. The molecule has 19 heavy (non-hydrogen) atoms. The molecule has 0 heterocycles. The van der Waals surface area contributed by atoms with Gasteiger partial charge in [0, 0.05) is 11.6 Å². The predicted molar refractivity (Wildman–Crippen MR) is 78.8 cm³/mol. The molecule has 0 aromatic heterocycles. The molecule has 0 spiro atoms. The van der Waals surface area contributed by atoms with Crippen molar-refractivity contribution in [3.63, 3.8) is 0 Å². The first-order valence-electron chi connectivity index (χ1n) is 6.56. The number of nitrogens with one attached hydrogen (secondary N) is 1. The number of nitrogens with two attached hydrogens (primary N) is 1. The molecule has 0 aliphatic carbocycles. The largest absolute Gasteiger partial charge is 0.497 e. The summed E-state index contributed by atoms with van der Waals surface area (Å²) in [6.07, 6.45) is 0.934. The topological polar surface area (TPSA) is 56.5 Å². The Morgan fingerprint density at radius 3 is 2.42 bits per heavy atom. The Balaban J connectivity index is 3.08. The molecule has 0 amide bonds. The molecule has 0 fully saturated rings. The summed E-state index contributed by atoms with van der Waals surface area (Å²) < 4.78 is 10.7. The van der Waals surface area contributed by atoms with E-state index in [0.29, 0.717) is 6.54 Å². The molecule has 0 aliphatic rings. The number of rotatable bonds is 7. The molecule has 0 aliphatic heterocycles. The molecule has 0 radical (unpaired) electrons. The third kappa shape index (κ3) is 4.11. The molecular formula is C15H26N2O2. The molecule has 1 atom stereocenters. The molecule has 1 aromatic rings. The maximum atomic E-state index is 5.83.